The van der Waals surface area contributed by atoms with Crippen molar-refractivity contribution in [3.8, 4) is 5.88 Å². The Labute approximate surface area is 147 Å². The van der Waals surface area contributed by atoms with E-state index < -0.39 is 23.7 Å². The van der Waals surface area contributed by atoms with Crippen molar-refractivity contribution in [3.05, 3.63) is 59.0 Å². The van der Waals surface area contributed by atoms with Gasteiger partial charge in [-0.2, -0.15) is 13.2 Å². The quantitative estimate of drug-likeness (QED) is 0.773. The standard InChI is InChI=1S/C18H16F4N2O2/c1-11-2-3-12(8-15(11)19)17(25)24-7-5-14(10-24)26-16-9-13(4-6-23-16)18(20,21)22/h2-4,6,8-9,14H,5,7,10H2,1H3. The summed E-state index contributed by atoms with van der Waals surface area (Å²) >= 11 is 0. The summed E-state index contributed by atoms with van der Waals surface area (Å²) in [6.07, 6.45) is -3.46. The van der Waals surface area contributed by atoms with Crippen LogP contribution in [-0.4, -0.2) is 35.0 Å². The molecule has 1 atom stereocenters. The second-order valence-corrected chi connectivity index (χ2v) is 6.12. The number of amides is 1. The minimum absolute atomic E-state index is 0.138. The Hall–Kier alpha value is -2.64. The molecule has 1 aromatic carbocycles. The van der Waals surface area contributed by atoms with Gasteiger partial charge in [-0.05, 0) is 30.7 Å². The number of carbonyl (C=O) groups is 1. The number of likely N-dealkylation sites (tertiary alicyclic amines) is 1. The summed E-state index contributed by atoms with van der Waals surface area (Å²) in [4.78, 5) is 17.7. The van der Waals surface area contributed by atoms with E-state index in [0.717, 1.165) is 18.3 Å². The largest absolute Gasteiger partial charge is 0.472 e. The van der Waals surface area contributed by atoms with Crippen molar-refractivity contribution in [2.24, 2.45) is 0 Å². The molecule has 0 N–H and O–H groups in total. The van der Waals surface area contributed by atoms with Crippen LogP contribution in [0.4, 0.5) is 17.6 Å². The van der Waals surface area contributed by atoms with E-state index >= 15 is 0 Å². The molecule has 1 aliphatic rings. The topological polar surface area (TPSA) is 42.4 Å². The summed E-state index contributed by atoms with van der Waals surface area (Å²) in [7, 11) is 0. The molecule has 3 rings (SSSR count). The highest BCUT2D eigenvalue weighted by atomic mass is 19.4. The zero-order valence-corrected chi connectivity index (χ0v) is 13.9. The Balaban J connectivity index is 1.65. The average molecular weight is 368 g/mol. The van der Waals surface area contributed by atoms with Gasteiger partial charge in [0.05, 0.1) is 12.1 Å². The minimum atomic E-state index is -4.48. The zero-order valence-electron chi connectivity index (χ0n) is 13.9. The maximum Gasteiger partial charge on any atom is 0.416 e. The van der Waals surface area contributed by atoms with E-state index in [1.165, 1.54) is 17.0 Å². The van der Waals surface area contributed by atoms with E-state index in [2.05, 4.69) is 4.98 Å². The zero-order chi connectivity index (χ0) is 18.9. The van der Waals surface area contributed by atoms with Gasteiger partial charge in [0, 0.05) is 30.8 Å². The molecule has 2 aromatic rings. The van der Waals surface area contributed by atoms with Crippen molar-refractivity contribution >= 4 is 5.91 Å². The van der Waals surface area contributed by atoms with Crippen LogP contribution in [0.15, 0.2) is 36.5 Å². The molecule has 0 saturated carbocycles. The van der Waals surface area contributed by atoms with E-state index in [1.54, 1.807) is 13.0 Å². The Bertz CT molecular complexity index is 823. The Morgan fingerprint density at radius 2 is 2.04 bits per heavy atom. The third kappa shape index (κ3) is 3.95. The van der Waals surface area contributed by atoms with Crippen molar-refractivity contribution in [3.63, 3.8) is 0 Å². The van der Waals surface area contributed by atoms with Crippen molar-refractivity contribution < 1.29 is 27.1 Å². The van der Waals surface area contributed by atoms with E-state index in [9.17, 15) is 22.4 Å². The van der Waals surface area contributed by atoms with Crippen molar-refractivity contribution in [2.45, 2.75) is 25.6 Å². The van der Waals surface area contributed by atoms with Crippen molar-refractivity contribution in [2.75, 3.05) is 13.1 Å². The van der Waals surface area contributed by atoms with Crippen LogP contribution < -0.4 is 4.74 Å². The van der Waals surface area contributed by atoms with Crippen LogP contribution in [0.5, 0.6) is 5.88 Å². The minimum Gasteiger partial charge on any atom is -0.472 e. The molecular formula is C18H16F4N2O2. The number of halogens is 4. The Kier molecular flexibility index (Phi) is 4.84. The number of aryl methyl sites for hydroxylation is 1. The van der Waals surface area contributed by atoms with Gasteiger partial charge in [-0.3, -0.25) is 4.79 Å². The summed E-state index contributed by atoms with van der Waals surface area (Å²) in [5.74, 6) is -0.941. The van der Waals surface area contributed by atoms with Crippen LogP contribution in [0, 0.1) is 12.7 Å². The van der Waals surface area contributed by atoms with Crippen LogP contribution in [0.1, 0.15) is 27.9 Å². The van der Waals surface area contributed by atoms with Gasteiger partial charge in [0.25, 0.3) is 5.91 Å². The summed E-state index contributed by atoms with van der Waals surface area (Å²) in [5, 5.41) is 0. The molecule has 0 bridgehead atoms. The first-order valence-corrected chi connectivity index (χ1v) is 7.99. The number of pyridine rings is 1. The molecule has 1 unspecified atom stereocenters. The molecular weight excluding hydrogens is 352 g/mol. The second kappa shape index (κ2) is 6.93. The van der Waals surface area contributed by atoms with Crippen LogP contribution in [0.2, 0.25) is 0 Å². The van der Waals surface area contributed by atoms with Gasteiger partial charge >= 0.3 is 6.18 Å². The highest BCUT2D eigenvalue weighted by Gasteiger charge is 2.32. The monoisotopic (exact) mass is 368 g/mol. The van der Waals surface area contributed by atoms with E-state index in [4.69, 9.17) is 4.74 Å². The highest BCUT2D eigenvalue weighted by Crippen LogP contribution is 2.31. The smallest absolute Gasteiger partial charge is 0.416 e. The SMILES string of the molecule is Cc1ccc(C(=O)N2CCC(Oc3cc(C(F)(F)F)ccn3)C2)cc1F. The normalized spacial score (nSPS) is 17.4. The first-order valence-electron chi connectivity index (χ1n) is 7.99. The number of hydrogen-bond donors (Lipinski definition) is 0. The second-order valence-electron chi connectivity index (χ2n) is 6.12. The molecule has 1 aromatic heterocycles. The number of nitrogens with zero attached hydrogens (tertiary/aromatic N) is 2. The van der Waals surface area contributed by atoms with Crippen LogP contribution in [0.3, 0.4) is 0 Å². The first kappa shape index (κ1) is 18.2. The van der Waals surface area contributed by atoms with Crippen LogP contribution in [-0.2, 0) is 6.18 Å². The van der Waals surface area contributed by atoms with Gasteiger partial charge in [0.1, 0.15) is 11.9 Å². The van der Waals surface area contributed by atoms with Crippen LogP contribution >= 0.6 is 0 Å². The Morgan fingerprint density at radius 1 is 1.27 bits per heavy atom. The predicted octanol–water partition coefficient (Wildman–Crippen LogP) is 3.84. The highest BCUT2D eigenvalue weighted by molar-refractivity contribution is 5.94. The molecule has 1 fully saturated rings. The predicted molar refractivity (Wildman–Crippen MR) is 85.3 cm³/mol. The van der Waals surface area contributed by atoms with Gasteiger partial charge in [-0.15, -0.1) is 0 Å². The molecule has 0 spiro atoms. The maximum atomic E-state index is 13.6. The van der Waals surface area contributed by atoms with Gasteiger partial charge in [-0.1, -0.05) is 6.07 Å². The average Bonchev–Trinajstić information content (AvgIpc) is 3.04. The lowest BCUT2D eigenvalue weighted by molar-refractivity contribution is -0.137. The van der Waals surface area contributed by atoms with E-state index in [-0.39, 0.29) is 23.9 Å². The number of alkyl halides is 3. The van der Waals surface area contributed by atoms with Crippen LogP contribution in [0.25, 0.3) is 0 Å². The fraction of sp³-hybridized carbons (Fsp3) is 0.333. The number of aromatic nitrogens is 1. The molecule has 1 amide bonds. The Morgan fingerprint density at radius 3 is 2.73 bits per heavy atom. The lowest BCUT2D eigenvalue weighted by atomic mass is 10.1. The molecule has 1 saturated heterocycles. The van der Waals surface area contributed by atoms with Crippen molar-refractivity contribution in [1.82, 2.24) is 9.88 Å². The lowest BCUT2D eigenvalue weighted by Gasteiger charge is -2.17. The molecule has 1 aliphatic heterocycles. The fourth-order valence-corrected chi connectivity index (χ4v) is 2.74. The summed E-state index contributed by atoms with van der Waals surface area (Å²) in [6, 6.07) is 5.95. The maximum absolute atomic E-state index is 13.6. The first-order chi connectivity index (χ1) is 12.2. The molecule has 26 heavy (non-hydrogen) atoms. The fourth-order valence-electron chi connectivity index (χ4n) is 2.74. The number of benzene rings is 1. The number of hydrogen-bond acceptors (Lipinski definition) is 3. The molecule has 8 heteroatoms. The third-order valence-electron chi connectivity index (χ3n) is 4.20. The van der Waals surface area contributed by atoms with Crippen molar-refractivity contribution in [1.29, 1.82) is 0 Å². The van der Waals surface area contributed by atoms with Gasteiger partial charge in [-0.25, -0.2) is 9.37 Å². The summed E-state index contributed by atoms with van der Waals surface area (Å²) < 4.78 is 57.3. The van der Waals surface area contributed by atoms with E-state index in [0.29, 0.717) is 18.5 Å². The van der Waals surface area contributed by atoms with Gasteiger partial charge in [0.2, 0.25) is 5.88 Å². The molecule has 0 radical (unpaired) electrons. The molecule has 4 nitrogen and oxygen atoms in total. The number of carbonyl (C=O) groups excluding carboxylic acids is 1. The number of ether oxygens (including phenoxy) is 1. The molecule has 2 heterocycles. The van der Waals surface area contributed by atoms with Gasteiger partial charge in [0.15, 0.2) is 0 Å². The van der Waals surface area contributed by atoms with E-state index in [1.807, 2.05) is 0 Å². The third-order valence-corrected chi connectivity index (χ3v) is 4.20. The summed E-state index contributed by atoms with van der Waals surface area (Å²) in [6.45, 7) is 2.18. The van der Waals surface area contributed by atoms with Gasteiger partial charge < -0.3 is 9.64 Å². The summed E-state index contributed by atoms with van der Waals surface area (Å²) in [5.41, 5.74) is -0.172. The molecule has 0 aliphatic carbocycles. The molecule has 138 valence electrons. The lowest BCUT2D eigenvalue weighted by Crippen LogP contribution is -2.31. The number of rotatable bonds is 3.